The molecular weight excluding hydrogens is 230 g/mol. The Kier molecular flexibility index (Phi) is 3.09. The molecule has 2 aliphatic heterocycles. The van der Waals surface area contributed by atoms with Gasteiger partial charge in [0.05, 0.1) is 31.7 Å². The van der Waals surface area contributed by atoms with Gasteiger partial charge < -0.3 is 20.1 Å². The lowest BCUT2D eigenvalue weighted by Gasteiger charge is -2.55. The first-order valence-corrected chi connectivity index (χ1v) is 6.40. The zero-order chi connectivity index (χ0) is 12.4. The molecule has 1 spiro atoms. The van der Waals surface area contributed by atoms with Gasteiger partial charge in [0, 0.05) is 31.1 Å². The van der Waals surface area contributed by atoms with Crippen LogP contribution in [-0.4, -0.2) is 49.3 Å². The maximum absolute atomic E-state index is 5.56. The van der Waals surface area contributed by atoms with Crippen LogP contribution in [0.15, 0.2) is 18.3 Å². The van der Waals surface area contributed by atoms with Crippen molar-refractivity contribution in [3.05, 3.63) is 18.3 Å². The van der Waals surface area contributed by atoms with E-state index in [1.54, 1.807) is 18.3 Å². The van der Waals surface area contributed by atoms with E-state index in [9.17, 15) is 0 Å². The van der Waals surface area contributed by atoms with Gasteiger partial charge in [-0.3, -0.25) is 0 Å². The Hall–Kier alpha value is -1.33. The van der Waals surface area contributed by atoms with Gasteiger partial charge in [-0.15, -0.1) is 0 Å². The largest absolute Gasteiger partial charge is 0.478 e. The molecule has 0 atom stereocenters. The van der Waals surface area contributed by atoms with Crippen LogP contribution < -0.4 is 10.5 Å². The normalized spacial score (nSPS) is 21.3. The van der Waals surface area contributed by atoms with Gasteiger partial charge in [0.25, 0.3) is 0 Å². The van der Waals surface area contributed by atoms with Crippen molar-refractivity contribution < 1.29 is 9.47 Å². The second-order valence-electron chi connectivity index (χ2n) is 5.34. The van der Waals surface area contributed by atoms with Crippen LogP contribution in [0.5, 0.6) is 5.88 Å². The Balaban J connectivity index is 1.30. The Morgan fingerprint density at radius 1 is 1.39 bits per heavy atom. The molecule has 3 heterocycles. The van der Waals surface area contributed by atoms with Gasteiger partial charge in [0.15, 0.2) is 0 Å². The van der Waals surface area contributed by atoms with Gasteiger partial charge in [0.2, 0.25) is 5.88 Å². The van der Waals surface area contributed by atoms with Gasteiger partial charge >= 0.3 is 0 Å². The van der Waals surface area contributed by atoms with Gasteiger partial charge in [-0.2, -0.15) is 0 Å². The molecule has 0 unspecified atom stereocenters. The maximum Gasteiger partial charge on any atom is 0.213 e. The fourth-order valence-electron chi connectivity index (χ4n) is 2.58. The number of nitrogens with two attached hydrogens (primary N) is 1. The molecule has 0 saturated carbocycles. The van der Waals surface area contributed by atoms with Crippen molar-refractivity contribution in [1.29, 1.82) is 0 Å². The van der Waals surface area contributed by atoms with Crippen LogP contribution in [0.1, 0.15) is 6.42 Å². The minimum absolute atomic E-state index is 0.513. The van der Waals surface area contributed by atoms with Crippen LogP contribution in [0.3, 0.4) is 0 Å². The average Bonchev–Trinajstić information content (AvgIpc) is 2.26. The summed E-state index contributed by atoms with van der Waals surface area (Å²) in [6.07, 6.45) is 2.65. The summed E-state index contributed by atoms with van der Waals surface area (Å²) in [6.45, 7) is 6.08. The van der Waals surface area contributed by atoms with Gasteiger partial charge in [-0.25, -0.2) is 4.98 Å². The molecule has 1 aromatic heterocycles. The van der Waals surface area contributed by atoms with Crippen molar-refractivity contribution in [1.82, 2.24) is 9.88 Å². The number of ether oxygens (including phenoxy) is 2. The monoisotopic (exact) mass is 249 g/mol. The number of hydrogen-bond donors (Lipinski definition) is 1. The summed E-state index contributed by atoms with van der Waals surface area (Å²) >= 11 is 0. The SMILES string of the molecule is Nc1ccc(OCCCN2CC3(COC3)C2)nc1. The number of rotatable bonds is 5. The third kappa shape index (κ3) is 2.42. The summed E-state index contributed by atoms with van der Waals surface area (Å²) in [7, 11) is 0. The molecule has 5 heteroatoms. The van der Waals surface area contributed by atoms with E-state index in [1.807, 2.05) is 0 Å². The number of hydrogen-bond acceptors (Lipinski definition) is 5. The average molecular weight is 249 g/mol. The standard InChI is InChI=1S/C13H19N3O2/c14-11-2-3-12(15-6-11)18-5-1-4-16-7-13(8-16)9-17-10-13/h2-3,6H,1,4-5,7-10,14H2. The van der Waals surface area contributed by atoms with E-state index in [-0.39, 0.29) is 0 Å². The van der Waals surface area contributed by atoms with Crippen LogP contribution in [0.25, 0.3) is 0 Å². The first-order valence-electron chi connectivity index (χ1n) is 6.40. The molecular formula is C13H19N3O2. The number of pyridine rings is 1. The van der Waals surface area contributed by atoms with Crippen molar-refractivity contribution >= 4 is 5.69 Å². The molecule has 0 amide bonds. The minimum atomic E-state index is 0.513. The first kappa shape index (κ1) is 11.7. The number of nitrogen functional groups attached to an aromatic ring is 1. The molecule has 2 aliphatic rings. The minimum Gasteiger partial charge on any atom is -0.478 e. The second-order valence-corrected chi connectivity index (χ2v) is 5.34. The number of nitrogens with zero attached hydrogens (tertiary/aromatic N) is 2. The van der Waals surface area contributed by atoms with Crippen LogP contribution in [0.2, 0.25) is 0 Å². The van der Waals surface area contributed by atoms with E-state index in [2.05, 4.69) is 9.88 Å². The second kappa shape index (κ2) is 4.74. The lowest BCUT2D eigenvalue weighted by Crippen LogP contribution is -2.65. The van der Waals surface area contributed by atoms with Crippen molar-refractivity contribution in [2.45, 2.75) is 6.42 Å². The molecule has 0 bridgehead atoms. The highest BCUT2D eigenvalue weighted by molar-refractivity contribution is 5.35. The van der Waals surface area contributed by atoms with Crippen molar-refractivity contribution in [3.8, 4) is 5.88 Å². The third-order valence-corrected chi connectivity index (χ3v) is 3.56. The highest BCUT2D eigenvalue weighted by atomic mass is 16.5. The zero-order valence-electron chi connectivity index (χ0n) is 10.5. The Labute approximate surface area is 107 Å². The van der Waals surface area contributed by atoms with Crippen molar-refractivity contribution in [2.24, 2.45) is 5.41 Å². The van der Waals surface area contributed by atoms with Gasteiger partial charge in [0.1, 0.15) is 0 Å². The predicted molar refractivity (Wildman–Crippen MR) is 68.5 cm³/mol. The third-order valence-electron chi connectivity index (χ3n) is 3.56. The van der Waals surface area contributed by atoms with Crippen molar-refractivity contribution in [3.63, 3.8) is 0 Å². The molecule has 3 rings (SSSR count). The first-order chi connectivity index (χ1) is 8.76. The smallest absolute Gasteiger partial charge is 0.213 e. The summed E-state index contributed by atoms with van der Waals surface area (Å²) in [5.41, 5.74) is 6.73. The molecule has 18 heavy (non-hydrogen) atoms. The summed E-state index contributed by atoms with van der Waals surface area (Å²) in [4.78, 5) is 6.56. The fourth-order valence-corrected chi connectivity index (χ4v) is 2.58. The van der Waals surface area contributed by atoms with Crippen LogP contribution in [0.4, 0.5) is 5.69 Å². The van der Waals surface area contributed by atoms with E-state index in [4.69, 9.17) is 15.2 Å². The van der Waals surface area contributed by atoms with Crippen LogP contribution in [-0.2, 0) is 4.74 Å². The molecule has 0 aromatic carbocycles. The van der Waals surface area contributed by atoms with E-state index >= 15 is 0 Å². The van der Waals surface area contributed by atoms with Crippen LogP contribution >= 0.6 is 0 Å². The zero-order valence-corrected chi connectivity index (χ0v) is 10.5. The van der Waals surface area contributed by atoms with E-state index in [0.717, 1.165) is 26.2 Å². The van der Waals surface area contributed by atoms with Crippen LogP contribution in [0, 0.1) is 5.41 Å². The quantitative estimate of drug-likeness (QED) is 0.781. The summed E-state index contributed by atoms with van der Waals surface area (Å²) in [5.74, 6) is 0.650. The summed E-state index contributed by atoms with van der Waals surface area (Å²) in [6, 6.07) is 3.61. The van der Waals surface area contributed by atoms with Gasteiger partial charge in [-0.05, 0) is 12.5 Å². The fraction of sp³-hybridized carbons (Fsp3) is 0.615. The Morgan fingerprint density at radius 3 is 2.83 bits per heavy atom. The molecule has 0 radical (unpaired) electrons. The molecule has 98 valence electrons. The number of anilines is 1. The summed E-state index contributed by atoms with van der Waals surface area (Å²) in [5, 5.41) is 0. The Morgan fingerprint density at radius 2 is 2.22 bits per heavy atom. The molecule has 5 nitrogen and oxygen atoms in total. The topological polar surface area (TPSA) is 60.6 Å². The van der Waals surface area contributed by atoms with E-state index in [1.165, 1.54) is 13.1 Å². The highest BCUT2D eigenvalue weighted by Gasteiger charge is 2.48. The highest BCUT2D eigenvalue weighted by Crippen LogP contribution is 2.37. The van der Waals surface area contributed by atoms with E-state index in [0.29, 0.717) is 23.6 Å². The molecule has 2 saturated heterocycles. The molecule has 0 aliphatic carbocycles. The summed E-state index contributed by atoms with van der Waals surface area (Å²) < 4.78 is 10.8. The lowest BCUT2D eigenvalue weighted by molar-refractivity contribution is -0.189. The molecule has 2 N–H and O–H groups in total. The van der Waals surface area contributed by atoms with Crippen molar-refractivity contribution in [2.75, 3.05) is 45.2 Å². The lowest BCUT2D eigenvalue weighted by atomic mass is 9.78. The number of aromatic nitrogens is 1. The molecule has 1 aromatic rings. The van der Waals surface area contributed by atoms with E-state index < -0.39 is 0 Å². The number of likely N-dealkylation sites (tertiary alicyclic amines) is 1. The molecule has 2 fully saturated rings. The predicted octanol–water partition coefficient (Wildman–Crippen LogP) is 0.765. The Bertz CT molecular complexity index is 395. The van der Waals surface area contributed by atoms with Gasteiger partial charge in [-0.1, -0.05) is 0 Å². The maximum atomic E-state index is 5.56.